The Balaban J connectivity index is 1.52. The standard InChI is InChI=1S/C26H24ClN5O2S/c1-3-34-23-14-12-22(13-15-23)32-25(20-8-10-21(27)11-9-20)30-31-26(32)35-17-24(33)29-28-16-19-6-4-18(2)5-7-19/h4-16H,3,17H2,1-2H3,(H,29,33)/b28-16+. The SMILES string of the molecule is CCOc1ccc(-n2c(SCC(=O)N/N=C/c3ccc(C)cc3)nnc2-c2ccc(Cl)cc2)cc1. The summed E-state index contributed by atoms with van der Waals surface area (Å²) >= 11 is 7.34. The van der Waals surface area contributed by atoms with Crippen molar-refractivity contribution in [1.29, 1.82) is 0 Å². The number of hydrogen-bond acceptors (Lipinski definition) is 6. The highest BCUT2D eigenvalue weighted by Crippen LogP contribution is 2.29. The fourth-order valence-electron chi connectivity index (χ4n) is 3.23. The van der Waals surface area contributed by atoms with Crippen LogP contribution in [0.5, 0.6) is 5.75 Å². The van der Waals surface area contributed by atoms with E-state index >= 15 is 0 Å². The molecule has 0 aliphatic rings. The fourth-order valence-corrected chi connectivity index (χ4v) is 4.10. The number of hydrazone groups is 1. The number of nitrogens with zero attached hydrogens (tertiary/aromatic N) is 4. The van der Waals surface area contributed by atoms with Gasteiger partial charge in [-0.2, -0.15) is 5.10 Å². The van der Waals surface area contributed by atoms with Crippen molar-refractivity contribution in [2.75, 3.05) is 12.4 Å². The minimum Gasteiger partial charge on any atom is -0.494 e. The summed E-state index contributed by atoms with van der Waals surface area (Å²) in [6.45, 7) is 4.55. The summed E-state index contributed by atoms with van der Waals surface area (Å²) in [5.41, 5.74) is 6.34. The molecule has 9 heteroatoms. The Labute approximate surface area is 213 Å². The number of aryl methyl sites for hydroxylation is 1. The highest BCUT2D eigenvalue weighted by atomic mass is 35.5. The Morgan fingerprint density at radius 1 is 1.06 bits per heavy atom. The van der Waals surface area contributed by atoms with Crippen molar-refractivity contribution in [3.05, 3.63) is 88.9 Å². The minimum absolute atomic E-state index is 0.126. The average Bonchev–Trinajstić information content (AvgIpc) is 3.29. The van der Waals surface area contributed by atoms with E-state index in [4.69, 9.17) is 16.3 Å². The third-order valence-corrected chi connectivity index (χ3v) is 6.14. The second-order valence-corrected chi connectivity index (χ2v) is 8.95. The first-order valence-electron chi connectivity index (χ1n) is 11.0. The van der Waals surface area contributed by atoms with Crippen LogP contribution in [0.25, 0.3) is 17.1 Å². The molecule has 0 aliphatic carbocycles. The Morgan fingerprint density at radius 3 is 2.46 bits per heavy atom. The normalized spacial score (nSPS) is 11.1. The number of amides is 1. The first kappa shape index (κ1) is 24.5. The van der Waals surface area contributed by atoms with E-state index in [0.717, 1.165) is 28.1 Å². The van der Waals surface area contributed by atoms with Crippen molar-refractivity contribution >= 4 is 35.5 Å². The maximum Gasteiger partial charge on any atom is 0.250 e. The Hall–Kier alpha value is -3.62. The number of nitrogens with one attached hydrogen (secondary N) is 1. The van der Waals surface area contributed by atoms with Crippen molar-refractivity contribution in [3.63, 3.8) is 0 Å². The third-order valence-electron chi connectivity index (χ3n) is 4.95. The Kier molecular flexibility index (Phi) is 8.18. The maximum absolute atomic E-state index is 12.4. The summed E-state index contributed by atoms with van der Waals surface area (Å²) in [5, 5.41) is 14.0. The molecule has 3 aromatic carbocycles. The lowest BCUT2D eigenvalue weighted by Crippen LogP contribution is -2.20. The van der Waals surface area contributed by atoms with Gasteiger partial charge in [0.05, 0.1) is 18.6 Å². The van der Waals surface area contributed by atoms with E-state index in [1.807, 2.05) is 79.1 Å². The Morgan fingerprint density at radius 2 is 1.77 bits per heavy atom. The minimum atomic E-state index is -0.243. The smallest absolute Gasteiger partial charge is 0.250 e. The molecule has 0 radical (unpaired) electrons. The van der Waals surface area contributed by atoms with Crippen molar-refractivity contribution in [2.24, 2.45) is 5.10 Å². The number of benzene rings is 3. The zero-order valence-electron chi connectivity index (χ0n) is 19.3. The monoisotopic (exact) mass is 505 g/mol. The van der Waals surface area contributed by atoms with Gasteiger partial charge in [0, 0.05) is 16.3 Å². The lowest BCUT2D eigenvalue weighted by Gasteiger charge is -2.11. The molecule has 0 atom stereocenters. The second kappa shape index (κ2) is 11.7. The lowest BCUT2D eigenvalue weighted by atomic mass is 10.2. The molecule has 0 spiro atoms. The molecule has 1 amide bonds. The molecule has 0 fully saturated rings. The molecular weight excluding hydrogens is 482 g/mol. The predicted octanol–water partition coefficient (Wildman–Crippen LogP) is 5.54. The number of halogens is 1. The zero-order valence-corrected chi connectivity index (χ0v) is 20.9. The highest BCUT2D eigenvalue weighted by molar-refractivity contribution is 7.99. The lowest BCUT2D eigenvalue weighted by molar-refractivity contribution is -0.118. The van der Waals surface area contributed by atoms with Gasteiger partial charge in [0.1, 0.15) is 5.75 Å². The molecule has 0 bridgehead atoms. The number of carbonyl (C=O) groups is 1. The van der Waals surface area contributed by atoms with Crippen LogP contribution in [0.2, 0.25) is 5.02 Å². The number of ether oxygens (including phenoxy) is 1. The average molecular weight is 506 g/mol. The number of rotatable bonds is 9. The number of thioether (sulfide) groups is 1. The van der Waals surface area contributed by atoms with Gasteiger partial charge in [-0.25, -0.2) is 5.43 Å². The molecule has 4 aromatic rings. The van der Waals surface area contributed by atoms with Crippen molar-refractivity contribution in [3.8, 4) is 22.8 Å². The van der Waals surface area contributed by atoms with Gasteiger partial charge in [-0.1, -0.05) is 53.2 Å². The van der Waals surface area contributed by atoms with E-state index in [-0.39, 0.29) is 11.7 Å². The van der Waals surface area contributed by atoms with Crippen LogP contribution in [0.3, 0.4) is 0 Å². The molecule has 1 N–H and O–H groups in total. The van der Waals surface area contributed by atoms with Crippen LogP contribution < -0.4 is 10.2 Å². The summed E-state index contributed by atoms with van der Waals surface area (Å²) in [4.78, 5) is 12.4. The molecular formula is C26H24ClN5O2S. The number of hydrogen-bond donors (Lipinski definition) is 1. The first-order valence-corrected chi connectivity index (χ1v) is 12.4. The maximum atomic E-state index is 12.4. The van der Waals surface area contributed by atoms with Gasteiger partial charge in [-0.15, -0.1) is 10.2 Å². The topological polar surface area (TPSA) is 81.4 Å². The highest BCUT2D eigenvalue weighted by Gasteiger charge is 2.17. The molecule has 7 nitrogen and oxygen atoms in total. The molecule has 4 rings (SSSR count). The van der Waals surface area contributed by atoms with Gasteiger partial charge < -0.3 is 4.74 Å². The van der Waals surface area contributed by atoms with Gasteiger partial charge in [0.25, 0.3) is 5.91 Å². The summed E-state index contributed by atoms with van der Waals surface area (Å²) in [6, 6.07) is 22.9. The van der Waals surface area contributed by atoms with E-state index < -0.39 is 0 Å². The summed E-state index contributed by atoms with van der Waals surface area (Å²) in [6.07, 6.45) is 1.61. The number of carbonyl (C=O) groups excluding carboxylic acids is 1. The van der Waals surface area contributed by atoms with Crippen LogP contribution in [-0.2, 0) is 4.79 Å². The summed E-state index contributed by atoms with van der Waals surface area (Å²) in [5.74, 6) is 1.30. The van der Waals surface area contributed by atoms with Crippen molar-refractivity contribution in [2.45, 2.75) is 19.0 Å². The first-order chi connectivity index (χ1) is 17.0. The largest absolute Gasteiger partial charge is 0.494 e. The van der Waals surface area contributed by atoms with Crippen LogP contribution in [0, 0.1) is 6.92 Å². The van der Waals surface area contributed by atoms with Gasteiger partial charge in [-0.05, 0) is 67.9 Å². The molecule has 178 valence electrons. The van der Waals surface area contributed by atoms with E-state index in [9.17, 15) is 4.79 Å². The van der Waals surface area contributed by atoms with E-state index in [1.54, 1.807) is 18.3 Å². The van der Waals surface area contributed by atoms with Gasteiger partial charge >= 0.3 is 0 Å². The second-order valence-electron chi connectivity index (χ2n) is 7.57. The molecule has 1 heterocycles. The van der Waals surface area contributed by atoms with Crippen LogP contribution in [0.1, 0.15) is 18.1 Å². The van der Waals surface area contributed by atoms with E-state index in [2.05, 4.69) is 20.7 Å². The van der Waals surface area contributed by atoms with E-state index in [0.29, 0.717) is 22.6 Å². The molecule has 0 aliphatic heterocycles. The van der Waals surface area contributed by atoms with Crippen LogP contribution in [0.4, 0.5) is 0 Å². The van der Waals surface area contributed by atoms with Gasteiger partial charge in [-0.3, -0.25) is 9.36 Å². The van der Waals surface area contributed by atoms with Crippen molar-refractivity contribution in [1.82, 2.24) is 20.2 Å². The summed E-state index contributed by atoms with van der Waals surface area (Å²) in [7, 11) is 0. The molecule has 1 aromatic heterocycles. The third kappa shape index (κ3) is 6.49. The van der Waals surface area contributed by atoms with Gasteiger partial charge in [0.2, 0.25) is 0 Å². The van der Waals surface area contributed by atoms with Crippen LogP contribution in [-0.4, -0.2) is 39.2 Å². The van der Waals surface area contributed by atoms with E-state index in [1.165, 1.54) is 11.8 Å². The van der Waals surface area contributed by atoms with Crippen LogP contribution in [0.15, 0.2) is 83.1 Å². The molecule has 0 saturated carbocycles. The molecule has 0 saturated heterocycles. The van der Waals surface area contributed by atoms with Crippen molar-refractivity contribution < 1.29 is 9.53 Å². The fraction of sp³-hybridized carbons (Fsp3) is 0.154. The quantitative estimate of drug-likeness (QED) is 0.183. The summed E-state index contributed by atoms with van der Waals surface area (Å²) < 4.78 is 7.47. The molecule has 35 heavy (non-hydrogen) atoms. The Bertz CT molecular complexity index is 1300. The van der Waals surface area contributed by atoms with Crippen LogP contribution >= 0.6 is 23.4 Å². The number of aromatic nitrogens is 3. The van der Waals surface area contributed by atoms with Gasteiger partial charge in [0.15, 0.2) is 11.0 Å². The predicted molar refractivity (Wildman–Crippen MR) is 141 cm³/mol. The molecule has 0 unspecified atom stereocenters. The zero-order chi connectivity index (χ0) is 24.6.